The number of amides is 1. The van der Waals surface area contributed by atoms with E-state index in [1.54, 1.807) is 12.2 Å². The molecular formula is C13H14FNO2. The predicted octanol–water partition coefficient (Wildman–Crippen LogP) is 2.18. The molecule has 0 saturated carbocycles. The Balaban J connectivity index is 2.58. The number of carbonyl (C=O) groups is 2. The number of benzene rings is 1. The van der Waals surface area contributed by atoms with Crippen LogP contribution in [-0.4, -0.2) is 18.7 Å². The third kappa shape index (κ3) is 4.59. The van der Waals surface area contributed by atoms with Crippen molar-refractivity contribution >= 4 is 18.3 Å². The van der Waals surface area contributed by atoms with Gasteiger partial charge in [-0.25, -0.2) is 4.39 Å². The van der Waals surface area contributed by atoms with E-state index in [0.717, 1.165) is 0 Å². The number of hydrogen-bond acceptors (Lipinski definition) is 2. The van der Waals surface area contributed by atoms with Crippen LogP contribution in [0.15, 0.2) is 24.3 Å². The number of aldehydes is 1. The molecule has 0 bridgehead atoms. The third-order valence-corrected chi connectivity index (χ3v) is 2.14. The van der Waals surface area contributed by atoms with Crippen LogP contribution in [0.25, 0.3) is 6.08 Å². The minimum Gasteiger partial charge on any atom is -0.356 e. The van der Waals surface area contributed by atoms with Gasteiger partial charge in [0.25, 0.3) is 0 Å². The summed E-state index contributed by atoms with van der Waals surface area (Å²) in [7, 11) is 0. The first-order valence-electron chi connectivity index (χ1n) is 5.29. The summed E-state index contributed by atoms with van der Waals surface area (Å²) in [6.07, 6.45) is 4.64. The molecule has 1 aromatic carbocycles. The van der Waals surface area contributed by atoms with E-state index in [1.807, 2.05) is 0 Å². The van der Waals surface area contributed by atoms with Gasteiger partial charge in [0.2, 0.25) is 5.91 Å². The van der Waals surface area contributed by atoms with Crippen LogP contribution in [0.4, 0.5) is 4.39 Å². The summed E-state index contributed by atoms with van der Waals surface area (Å²) in [5.74, 6) is -0.459. The second-order valence-electron chi connectivity index (χ2n) is 3.57. The normalized spacial score (nSPS) is 10.5. The molecule has 0 aromatic heterocycles. The van der Waals surface area contributed by atoms with Crippen molar-refractivity contribution in [3.8, 4) is 0 Å². The molecule has 0 saturated heterocycles. The van der Waals surface area contributed by atoms with Gasteiger partial charge in [-0.05, 0) is 24.6 Å². The molecule has 1 amide bonds. The van der Waals surface area contributed by atoms with Crippen molar-refractivity contribution in [2.45, 2.75) is 13.3 Å². The molecule has 0 unspecified atom stereocenters. The van der Waals surface area contributed by atoms with Gasteiger partial charge in [0.15, 0.2) is 0 Å². The van der Waals surface area contributed by atoms with Crippen LogP contribution in [0, 0.1) is 5.82 Å². The largest absolute Gasteiger partial charge is 0.356 e. The summed E-state index contributed by atoms with van der Waals surface area (Å²) in [6, 6.07) is 4.17. The SMILES string of the molecule is CC(=O)NCCC=Cc1cc(C=O)ccc1F. The fourth-order valence-electron chi connectivity index (χ4n) is 1.31. The van der Waals surface area contributed by atoms with Gasteiger partial charge in [-0.2, -0.15) is 0 Å². The molecule has 1 N–H and O–H groups in total. The van der Waals surface area contributed by atoms with Crippen LogP contribution in [0.1, 0.15) is 29.3 Å². The zero-order chi connectivity index (χ0) is 12.7. The van der Waals surface area contributed by atoms with Crippen molar-refractivity contribution in [1.29, 1.82) is 0 Å². The Hall–Kier alpha value is -1.97. The lowest BCUT2D eigenvalue weighted by atomic mass is 10.1. The molecule has 1 rings (SSSR count). The molecule has 3 nitrogen and oxygen atoms in total. The van der Waals surface area contributed by atoms with Crippen LogP contribution in [0.2, 0.25) is 0 Å². The molecule has 0 aliphatic carbocycles. The Labute approximate surface area is 99.3 Å². The van der Waals surface area contributed by atoms with Gasteiger partial charge in [0, 0.05) is 24.6 Å². The van der Waals surface area contributed by atoms with E-state index < -0.39 is 0 Å². The Morgan fingerprint density at radius 3 is 2.88 bits per heavy atom. The second-order valence-corrected chi connectivity index (χ2v) is 3.57. The number of nitrogens with one attached hydrogen (secondary N) is 1. The van der Waals surface area contributed by atoms with Crippen LogP contribution in [-0.2, 0) is 4.79 Å². The first-order chi connectivity index (χ1) is 8.13. The van der Waals surface area contributed by atoms with E-state index in [9.17, 15) is 14.0 Å². The van der Waals surface area contributed by atoms with Crippen molar-refractivity contribution in [2.24, 2.45) is 0 Å². The summed E-state index contributed by atoms with van der Waals surface area (Å²) >= 11 is 0. The Morgan fingerprint density at radius 1 is 1.47 bits per heavy atom. The van der Waals surface area contributed by atoms with Gasteiger partial charge >= 0.3 is 0 Å². The molecule has 0 aliphatic heterocycles. The molecule has 90 valence electrons. The summed E-state index contributed by atoms with van der Waals surface area (Å²) in [4.78, 5) is 21.1. The Bertz CT molecular complexity index is 441. The fraction of sp³-hybridized carbons (Fsp3) is 0.231. The van der Waals surface area contributed by atoms with Crippen molar-refractivity contribution < 1.29 is 14.0 Å². The lowest BCUT2D eigenvalue weighted by Crippen LogP contribution is -2.20. The maximum atomic E-state index is 13.3. The lowest BCUT2D eigenvalue weighted by Gasteiger charge is -1.99. The van der Waals surface area contributed by atoms with Crippen LogP contribution in [0.3, 0.4) is 0 Å². The van der Waals surface area contributed by atoms with Crippen molar-refractivity contribution in [3.05, 3.63) is 41.2 Å². The predicted molar refractivity (Wildman–Crippen MR) is 64.1 cm³/mol. The number of rotatable bonds is 5. The highest BCUT2D eigenvalue weighted by Crippen LogP contribution is 2.11. The minimum absolute atomic E-state index is 0.0902. The summed E-state index contributed by atoms with van der Waals surface area (Å²) in [6.45, 7) is 1.96. The molecule has 0 atom stereocenters. The van der Waals surface area contributed by atoms with Gasteiger partial charge in [-0.1, -0.05) is 12.2 Å². The first kappa shape index (κ1) is 13.1. The molecule has 0 heterocycles. The molecule has 0 radical (unpaired) electrons. The number of hydrogen-bond donors (Lipinski definition) is 1. The van der Waals surface area contributed by atoms with E-state index in [1.165, 1.54) is 25.1 Å². The Kier molecular flexibility index (Phi) is 5.07. The van der Waals surface area contributed by atoms with Gasteiger partial charge < -0.3 is 5.32 Å². The third-order valence-electron chi connectivity index (χ3n) is 2.14. The molecule has 0 fully saturated rings. The highest BCUT2D eigenvalue weighted by Gasteiger charge is 1.99. The van der Waals surface area contributed by atoms with E-state index in [-0.39, 0.29) is 11.7 Å². The van der Waals surface area contributed by atoms with Gasteiger partial charge in [-0.15, -0.1) is 0 Å². The number of halogens is 1. The average Bonchev–Trinajstić information content (AvgIpc) is 2.30. The van der Waals surface area contributed by atoms with E-state index in [0.29, 0.717) is 30.4 Å². The smallest absolute Gasteiger partial charge is 0.216 e. The van der Waals surface area contributed by atoms with Crippen molar-refractivity contribution in [2.75, 3.05) is 6.54 Å². The average molecular weight is 235 g/mol. The minimum atomic E-state index is -0.369. The highest BCUT2D eigenvalue weighted by atomic mass is 19.1. The highest BCUT2D eigenvalue weighted by molar-refractivity contribution is 5.76. The molecule has 1 aromatic rings. The van der Waals surface area contributed by atoms with Crippen LogP contribution < -0.4 is 5.32 Å². The summed E-state index contributed by atoms with van der Waals surface area (Å²) < 4.78 is 13.3. The van der Waals surface area contributed by atoms with Crippen LogP contribution >= 0.6 is 0 Å². The fourth-order valence-corrected chi connectivity index (χ4v) is 1.31. The molecule has 17 heavy (non-hydrogen) atoms. The molecular weight excluding hydrogens is 221 g/mol. The quantitative estimate of drug-likeness (QED) is 0.628. The lowest BCUT2D eigenvalue weighted by molar-refractivity contribution is -0.118. The van der Waals surface area contributed by atoms with Gasteiger partial charge in [0.1, 0.15) is 12.1 Å². The van der Waals surface area contributed by atoms with Gasteiger partial charge in [0.05, 0.1) is 0 Å². The van der Waals surface area contributed by atoms with E-state index in [4.69, 9.17) is 0 Å². The zero-order valence-electron chi connectivity index (χ0n) is 9.57. The maximum Gasteiger partial charge on any atom is 0.216 e. The Morgan fingerprint density at radius 2 is 2.24 bits per heavy atom. The summed E-state index contributed by atoms with van der Waals surface area (Å²) in [5.41, 5.74) is 0.810. The van der Waals surface area contributed by atoms with Crippen molar-refractivity contribution in [3.63, 3.8) is 0 Å². The first-order valence-corrected chi connectivity index (χ1v) is 5.29. The standard InChI is InChI=1S/C13H14FNO2/c1-10(17)15-7-3-2-4-12-8-11(9-16)5-6-13(12)14/h2,4-6,8-9H,3,7H2,1H3,(H,15,17). The molecule has 0 spiro atoms. The molecule has 4 heteroatoms. The summed E-state index contributed by atoms with van der Waals surface area (Å²) in [5, 5.41) is 2.63. The number of carbonyl (C=O) groups excluding carboxylic acids is 2. The van der Waals surface area contributed by atoms with Gasteiger partial charge in [-0.3, -0.25) is 9.59 Å². The zero-order valence-corrected chi connectivity index (χ0v) is 9.57. The van der Waals surface area contributed by atoms with E-state index in [2.05, 4.69) is 5.32 Å². The molecule has 0 aliphatic rings. The van der Waals surface area contributed by atoms with Crippen LogP contribution in [0.5, 0.6) is 0 Å². The second kappa shape index (κ2) is 6.58. The topological polar surface area (TPSA) is 46.2 Å². The van der Waals surface area contributed by atoms with E-state index >= 15 is 0 Å². The van der Waals surface area contributed by atoms with Crippen molar-refractivity contribution in [1.82, 2.24) is 5.32 Å². The maximum absolute atomic E-state index is 13.3. The monoisotopic (exact) mass is 235 g/mol.